The number of thiophene rings is 1. The Labute approximate surface area is 192 Å². The van der Waals surface area contributed by atoms with Crippen LogP contribution in [0.5, 0.6) is 11.5 Å². The largest absolute Gasteiger partial charge is 0.491 e. The van der Waals surface area contributed by atoms with Crippen molar-refractivity contribution in [3.8, 4) is 11.5 Å². The Morgan fingerprint density at radius 2 is 2.03 bits per heavy atom. The smallest absolute Gasteiger partial charge is 0.348 e. The first kappa shape index (κ1) is 23.1. The number of ether oxygens (including phenoxy) is 3. The van der Waals surface area contributed by atoms with Crippen molar-refractivity contribution in [2.45, 2.75) is 20.8 Å². The van der Waals surface area contributed by atoms with Gasteiger partial charge in [0.05, 0.1) is 35.8 Å². The topological polar surface area (TPSA) is 90.5 Å². The Morgan fingerprint density at radius 1 is 1.29 bits per heavy atom. The fraction of sp³-hybridized carbons (Fsp3) is 0.286. The summed E-state index contributed by atoms with van der Waals surface area (Å²) in [4.78, 5) is 32.7. The van der Waals surface area contributed by atoms with Gasteiger partial charge in [-0.2, -0.15) is 0 Å². The molecule has 0 amide bonds. The lowest BCUT2D eigenvalue weighted by Gasteiger charge is -2.12. The quantitative estimate of drug-likeness (QED) is 0.461. The first-order valence-corrected chi connectivity index (χ1v) is 11.0. The number of carbonyl (C=O) groups excluding carboxylic acids is 1. The minimum absolute atomic E-state index is 0.167. The predicted octanol–water partition coefficient (Wildman–Crippen LogP) is 5.27. The zero-order valence-corrected chi connectivity index (χ0v) is 19.6. The number of nitrogens with one attached hydrogen (secondary N) is 1. The normalized spacial score (nSPS) is 11.6. The van der Waals surface area contributed by atoms with Crippen molar-refractivity contribution in [3.05, 3.63) is 49.3 Å². The van der Waals surface area contributed by atoms with E-state index in [4.69, 9.17) is 37.4 Å². The molecule has 2 heterocycles. The fourth-order valence-electron chi connectivity index (χ4n) is 3.00. The molecule has 0 radical (unpaired) electrons. The minimum Gasteiger partial charge on any atom is -0.491 e. The molecule has 3 rings (SSSR count). The molecule has 0 spiro atoms. The lowest BCUT2D eigenvalue weighted by atomic mass is 10.1. The number of H-pyrrole nitrogens is 1. The zero-order chi connectivity index (χ0) is 22.7. The van der Waals surface area contributed by atoms with Crippen LogP contribution < -0.4 is 15.0 Å². The zero-order valence-electron chi connectivity index (χ0n) is 17.3. The van der Waals surface area contributed by atoms with Crippen molar-refractivity contribution in [1.29, 1.82) is 0 Å². The van der Waals surface area contributed by atoms with Crippen LogP contribution in [-0.4, -0.2) is 36.3 Å². The third-order valence-electron chi connectivity index (χ3n) is 4.32. The van der Waals surface area contributed by atoms with Gasteiger partial charge < -0.3 is 19.2 Å². The van der Waals surface area contributed by atoms with Crippen LogP contribution in [0.25, 0.3) is 21.3 Å². The van der Waals surface area contributed by atoms with Gasteiger partial charge in [-0.3, -0.25) is 4.79 Å². The molecule has 0 fully saturated rings. The van der Waals surface area contributed by atoms with Crippen LogP contribution in [0.2, 0.25) is 5.02 Å². The number of methoxy groups -OCH3 is 1. The molecule has 7 nitrogen and oxygen atoms in total. The van der Waals surface area contributed by atoms with Crippen LogP contribution in [-0.2, 0) is 4.74 Å². The molecular formula is C21H20Cl2N2O5S. The highest BCUT2D eigenvalue weighted by molar-refractivity contribution is 7.20. The van der Waals surface area contributed by atoms with Gasteiger partial charge in [0.2, 0.25) is 0 Å². The van der Waals surface area contributed by atoms with E-state index in [2.05, 4.69) is 9.97 Å². The molecule has 1 aromatic carbocycles. The molecule has 0 saturated heterocycles. The number of aromatic amines is 1. The number of nitrogens with zero attached hydrogens (tertiary/aromatic N) is 1. The molecule has 164 valence electrons. The fourth-order valence-corrected chi connectivity index (χ4v) is 4.58. The Hall–Kier alpha value is -2.55. The van der Waals surface area contributed by atoms with E-state index in [-0.39, 0.29) is 17.5 Å². The SMILES string of the molecule is CCOC(=O)c1sc2nc(/C(Cl)=C/c3cc(Cl)c(OC)c(OCC)c3)[nH]c(=O)c2c1C. The second kappa shape index (κ2) is 9.72. The Morgan fingerprint density at radius 3 is 2.68 bits per heavy atom. The number of halogens is 2. The van der Waals surface area contributed by atoms with Gasteiger partial charge in [-0.25, -0.2) is 9.78 Å². The maximum Gasteiger partial charge on any atom is 0.348 e. The molecule has 1 N–H and O–H groups in total. The summed E-state index contributed by atoms with van der Waals surface area (Å²) in [5, 5.41) is 0.882. The summed E-state index contributed by atoms with van der Waals surface area (Å²) >= 11 is 13.8. The standard InChI is InChI=1S/C21H20Cl2N2O5S/c1-5-29-14-9-11(7-12(22)16(14)28-4)8-13(23)18-24-19(26)15-10(3)17(21(27)30-6-2)31-20(15)25-18/h7-9H,5-6H2,1-4H3,(H,24,25,26)/b13-8-. The number of aromatic nitrogens is 2. The minimum atomic E-state index is -0.484. The second-order valence-corrected chi connectivity index (χ2v) is 8.14. The number of benzene rings is 1. The summed E-state index contributed by atoms with van der Waals surface area (Å²) in [6.45, 7) is 5.93. The summed E-state index contributed by atoms with van der Waals surface area (Å²) in [5.74, 6) is 0.575. The van der Waals surface area contributed by atoms with Gasteiger partial charge in [0, 0.05) is 0 Å². The van der Waals surface area contributed by atoms with E-state index >= 15 is 0 Å². The number of carbonyl (C=O) groups is 1. The van der Waals surface area contributed by atoms with E-state index in [1.165, 1.54) is 7.11 Å². The first-order valence-electron chi connectivity index (χ1n) is 9.39. The van der Waals surface area contributed by atoms with Crippen LogP contribution >= 0.6 is 34.5 Å². The van der Waals surface area contributed by atoms with Crippen LogP contribution in [0.1, 0.15) is 40.5 Å². The highest BCUT2D eigenvalue weighted by Crippen LogP contribution is 2.37. The number of aryl methyl sites for hydroxylation is 1. The average Bonchev–Trinajstić information content (AvgIpc) is 3.05. The van der Waals surface area contributed by atoms with Crippen molar-refractivity contribution in [2.75, 3.05) is 20.3 Å². The Kier molecular flexibility index (Phi) is 7.25. The monoisotopic (exact) mass is 482 g/mol. The van der Waals surface area contributed by atoms with Crippen molar-refractivity contribution in [2.24, 2.45) is 0 Å². The van der Waals surface area contributed by atoms with Gasteiger partial charge in [0.15, 0.2) is 17.3 Å². The summed E-state index contributed by atoms with van der Waals surface area (Å²) in [6, 6.07) is 3.39. The van der Waals surface area contributed by atoms with Gasteiger partial charge in [-0.05, 0) is 50.1 Å². The molecule has 3 aromatic rings. The molecule has 0 saturated carbocycles. The average molecular weight is 483 g/mol. The van der Waals surface area contributed by atoms with Gasteiger partial charge in [0.1, 0.15) is 9.71 Å². The number of hydrogen-bond acceptors (Lipinski definition) is 7. The molecule has 31 heavy (non-hydrogen) atoms. The van der Waals surface area contributed by atoms with E-state index in [1.807, 2.05) is 6.92 Å². The predicted molar refractivity (Wildman–Crippen MR) is 124 cm³/mol. The lowest BCUT2D eigenvalue weighted by molar-refractivity contribution is 0.0531. The maximum absolute atomic E-state index is 12.7. The van der Waals surface area contributed by atoms with E-state index in [0.29, 0.717) is 49.3 Å². The van der Waals surface area contributed by atoms with Crippen molar-refractivity contribution in [1.82, 2.24) is 9.97 Å². The molecule has 0 aliphatic rings. The Balaban J connectivity index is 2.06. The molecular weight excluding hydrogens is 463 g/mol. The van der Waals surface area contributed by atoms with Crippen LogP contribution in [0, 0.1) is 6.92 Å². The lowest BCUT2D eigenvalue weighted by Crippen LogP contribution is -2.11. The summed E-state index contributed by atoms with van der Waals surface area (Å²) < 4.78 is 15.9. The number of rotatable bonds is 7. The second-order valence-electron chi connectivity index (χ2n) is 6.33. The summed E-state index contributed by atoms with van der Waals surface area (Å²) in [7, 11) is 1.50. The van der Waals surface area contributed by atoms with E-state index in [9.17, 15) is 9.59 Å². The van der Waals surface area contributed by atoms with Crippen LogP contribution in [0.3, 0.4) is 0 Å². The molecule has 10 heteroatoms. The van der Waals surface area contributed by atoms with Crippen molar-refractivity contribution >= 4 is 61.8 Å². The van der Waals surface area contributed by atoms with Crippen LogP contribution in [0.15, 0.2) is 16.9 Å². The van der Waals surface area contributed by atoms with Crippen molar-refractivity contribution in [3.63, 3.8) is 0 Å². The van der Waals surface area contributed by atoms with Gasteiger partial charge in [-0.15, -0.1) is 11.3 Å². The highest BCUT2D eigenvalue weighted by atomic mass is 35.5. The number of hydrogen-bond donors (Lipinski definition) is 1. The van der Waals surface area contributed by atoms with Crippen molar-refractivity contribution < 1.29 is 19.0 Å². The van der Waals surface area contributed by atoms with E-state index < -0.39 is 11.5 Å². The Bertz CT molecular complexity index is 1230. The third kappa shape index (κ3) is 4.71. The van der Waals surface area contributed by atoms with E-state index in [0.717, 1.165) is 11.3 Å². The first-order chi connectivity index (χ1) is 14.8. The summed E-state index contributed by atoms with van der Waals surface area (Å²) in [6.07, 6.45) is 1.60. The number of fused-ring (bicyclic) bond motifs is 1. The molecule has 0 atom stereocenters. The highest BCUT2D eigenvalue weighted by Gasteiger charge is 2.21. The molecule has 0 aliphatic heterocycles. The van der Waals surface area contributed by atoms with E-state index in [1.54, 1.807) is 32.1 Å². The molecule has 0 bridgehead atoms. The molecule has 0 aliphatic carbocycles. The number of esters is 1. The van der Waals surface area contributed by atoms with Gasteiger partial charge in [0.25, 0.3) is 5.56 Å². The maximum atomic E-state index is 12.7. The van der Waals surface area contributed by atoms with Crippen LogP contribution in [0.4, 0.5) is 0 Å². The van der Waals surface area contributed by atoms with Gasteiger partial charge >= 0.3 is 5.97 Å². The van der Waals surface area contributed by atoms with Gasteiger partial charge in [-0.1, -0.05) is 23.2 Å². The summed E-state index contributed by atoms with van der Waals surface area (Å²) in [5.41, 5.74) is 0.775. The molecule has 0 unspecified atom stereocenters. The third-order valence-corrected chi connectivity index (χ3v) is 6.05. The molecule has 2 aromatic heterocycles.